The maximum atomic E-state index is 8.48. The number of halogens is 1. The number of hydrogen-bond acceptors (Lipinski definition) is 3. The maximum Gasteiger partial charge on any atom is 0.0734 e. The molecule has 2 aromatic rings. The van der Waals surface area contributed by atoms with Crippen molar-refractivity contribution in [1.29, 1.82) is 0 Å². The van der Waals surface area contributed by atoms with Gasteiger partial charge in [-0.25, -0.2) is 0 Å². The van der Waals surface area contributed by atoms with E-state index in [2.05, 4.69) is 26.1 Å². The summed E-state index contributed by atoms with van der Waals surface area (Å²) in [6.07, 6.45) is 3.18. The molecule has 0 bridgehead atoms. The average molecular weight is 265 g/mol. The summed E-state index contributed by atoms with van der Waals surface area (Å²) >= 11 is 3.37. The van der Waals surface area contributed by atoms with E-state index in [-0.39, 0.29) is 0 Å². The van der Waals surface area contributed by atoms with E-state index in [1.54, 1.807) is 6.20 Å². The minimum Gasteiger partial charge on any atom is -0.411 e. The van der Waals surface area contributed by atoms with Gasteiger partial charge in [-0.2, -0.15) is 0 Å². The molecule has 1 aromatic heterocycles. The molecule has 0 fully saturated rings. The molecule has 0 atom stereocenters. The molecule has 0 saturated carbocycles. The molecule has 1 aromatic carbocycles. The Morgan fingerprint density at radius 2 is 2.20 bits per heavy atom. The third-order valence-electron chi connectivity index (χ3n) is 2.17. The van der Waals surface area contributed by atoms with Crippen molar-refractivity contribution in [2.45, 2.75) is 6.92 Å². The minimum absolute atomic E-state index is 0.863. The third kappa shape index (κ3) is 1.99. The van der Waals surface area contributed by atoms with E-state index in [0.717, 1.165) is 26.5 Å². The van der Waals surface area contributed by atoms with Gasteiger partial charge in [-0.15, -0.1) is 0 Å². The molecule has 0 radical (unpaired) electrons. The number of fused-ring (bicyclic) bond motifs is 1. The lowest BCUT2D eigenvalue weighted by atomic mass is 10.1. The van der Waals surface area contributed by atoms with Gasteiger partial charge in [0, 0.05) is 16.1 Å². The van der Waals surface area contributed by atoms with E-state index < -0.39 is 0 Å². The number of benzene rings is 1. The topological polar surface area (TPSA) is 45.5 Å². The lowest BCUT2D eigenvalue weighted by molar-refractivity contribution is 0.322. The average Bonchev–Trinajstić information content (AvgIpc) is 2.17. The van der Waals surface area contributed by atoms with Gasteiger partial charge in [-0.3, -0.25) is 4.98 Å². The van der Waals surface area contributed by atoms with Gasteiger partial charge in [-0.1, -0.05) is 5.16 Å². The van der Waals surface area contributed by atoms with E-state index >= 15 is 0 Å². The fourth-order valence-corrected chi connectivity index (χ4v) is 1.92. The van der Waals surface area contributed by atoms with Crippen LogP contribution in [0.1, 0.15) is 11.1 Å². The number of aromatic nitrogens is 1. The molecule has 3 nitrogen and oxygen atoms in total. The molecular formula is C11H9BrN2O. The summed E-state index contributed by atoms with van der Waals surface area (Å²) in [6.45, 7) is 1.98. The molecule has 76 valence electrons. The Hall–Kier alpha value is -1.42. The zero-order chi connectivity index (χ0) is 10.8. The summed E-state index contributed by atoms with van der Waals surface area (Å²) in [6, 6.07) is 5.85. The van der Waals surface area contributed by atoms with Gasteiger partial charge in [0.1, 0.15) is 0 Å². The van der Waals surface area contributed by atoms with Crippen LogP contribution in [-0.4, -0.2) is 16.4 Å². The summed E-state index contributed by atoms with van der Waals surface area (Å²) in [5, 5.41) is 12.5. The maximum absolute atomic E-state index is 8.48. The number of nitrogens with zero attached hydrogens (tertiary/aromatic N) is 2. The normalized spacial score (nSPS) is 11.3. The number of oxime groups is 1. The smallest absolute Gasteiger partial charge is 0.0734 e. The van der Waals surface area contributed by atoms with Gasteiger partial charge in [0.05, 0.1) is 11.7 Å². The van der Waals surface area contributed by atoms with Crippen molar-refractivity contribution < 1.29 is 5.21 Å². The predicted molar refractivity (Wildman–Crippen MR) is 63.6 cm³/mol. The number of hydrogen-bond donors (Lipinski definition) is 1. The lowest BCUT2D eigenvalue weighted by Crippen LogP contribution is -1.88. The molecule has 0 aliphatic carbocycles. The standard InChI is InChI=1S/C11H9BrN2O/c1-7-2-8(5-14-15)3-9-4-10(12)6-13-11(7)9/h2-6,15H,1H3/b14-5+. The summed E-state index contributed by atoms with van der Waals surface area (Å²) < 4.78 is 0.937. The Kier molecular flexibility index (Phi) is 2.68. The Morgan fingerprint density at radius 1 is 1.40 bits per heavy atom. The van der Waals surface area contributed by atoms with E-state index in [1.807, 2.05) is 25.1 Å². The first kappa shape index (κ1) is 10.1. The van der Waals surface area contributed by atoms with Crippen LogP contribution < -0.4 is 0 Å². The Labute approximate surface area is 95.6 Å². The van der Waals surface area contributed by atoms with E-state index in [9.17, 15) is 0 Å². The largest absolute Gasteiger partial charge is 0.411 e. The lowest BCUT2D eigenvalue weighted by Gasteiger charge is -2.03. The minimum atomic E-state index is 0.863. The Bertz CT molecular complexity index is 537. The highest BCUT2D eigenvalue weighted by Crippen LogP contribution is 2.21. The highest BCUT2D eigenvalue weighted by atomic mass is 79.9. The van der Waals surface area contributed by atoms with Gasteiger partial charge in [-0.05, 0) is 52.2 Å². The fraction of sp³-hybridized carbons (Fsp3) is 0.0909. The summed E-state index contributed by atoms with van der Waals surface area (Å²) in [7, 11) is 0. The summed E-state index contributed by atoms with van der Waals surface area (Å²) in [4.78, 5) is 4.33. The van der Waals surface area contributed by atoms with Gasteiger partial charge >= 0.3 is 0 Å². The second-order valence-electron chi connectivity index (χ2n) is 3.31. The van der Waals surface area contributed by atoms with Crippen LogP contribution in [0.4, 0.5) is 0 Å². The van der Waals surface area contributed by atoms with Crippen molar-refractivity contribution >= 4 is 33.0 Å². The SMILES string of the molecule is Cc1cc(/C=N/O)cc2cc(Br)cnc12. The van der Waals surface area contributed by atoms with Gasteiger partial charge < -0.3 is 5.21 Å². The molecule has 1 N–H and O–H groups in total. The number of pyridine rings is 1. The van der Waals surface area contributed by atoms with E-state index in [4.69, 9.17) is 5.21 Å². The molecule has 1 heterocycles. The zero-order valence-electron chi connectivity index (χ0n) is 8.11. The van der Waals surface area contributed by atoms with Crippen LogP contribution in [0.3, 0.4) is 0 Å². The fourth-order valence-electron chi connectivity index (χ4n) is 1.58. The van der Waals surface area contributed by atoms with Crippen molar-refractivity contribution in [1.82, 2.24) is 4.98 Å². The van der Waals surface area contributed by atoms with Crippen molar-refractivity contribution in [2.75, 3.05) is 0 Å². The molecule has 0 aliphatic rings. The van der Waals surface area contributed by atoms with Crippen molar-refractivity contribution in [3.8, 4) is 0 Å². The van der Waals surface area contributed by atoms with Crippen LogP contribution >= 0.6 is 15.9 Å². The first-order chi connectivity index (χ1) is 7.20. The molecule has 0 spiro atoms. The van der Waals surface area contributed by atoms with Crippen molar-refractivity contribution in [3.63, 3.8) is 0 Å². The highest BCUT2D eigenvalue weighted by molar-refractivity contribution is 9.10. The predicted octanol–water partition coefficient (Wildman–Crippen LogP) is 3.11. The molecule has 0 unspecified atom stereocenters. The number of aryl methyl sites for hydroxylation is 1. The molecule has 15 heavy (non-hydrogen) atoms. The first-order valence-electron chi connectivity index (χ1n) is 4.44. The quantitative estimate of drug-likeness (QED) is 0.489. The Balaban J connectivity index is 2.73. The third-order valence-corrected chi connectivity index (χ3v) is 2.60. The number of rotatable bonds is 1. The van der Waals surface area contributed by atoms with Gasteiger partial charge in [0.15, 0.2) is 0 Å². The van der Waals surface area contributed by atoms with Crippen molar-refractivity contribution in [3.05, 3.63) is 40.0 Å². The molecule has 4 heteroatoms. The second-order valence-corrected chi connectivity index (χ2v) is 4.22. The van der Waals surface area contributed by atoms with Crippen LogP contribution in [0.2, 0.25) is 0 Å². The highest BCUT2D eigenvalue weighted by Gasteiger charge is 2.01. The van der Waals surface area contributed by atoms with Crippen LogP contribution in [0.15, 0.2) is 34.0 Å². The summed E-state index contributed by atoms with van der Waals surface area (Å²) in [5.74, 6) is 0. The van der Waals surface area contributed by atoms with Crippen LogP contribution in [0.25, 0.3) is 10.9 Å². The zero-order valence-corrected chi connectivity index (χ0v) is 9.69. The van der Waals surface area contributed by atoms with Crippen LogP contribution in [-0.2, 0) is 0 Å². The van der Waals surface area contributed by atoms with Crippen molar-refractivity contribution in [2.24, 2.45) is 5.16 Å². The van der Waals surface area contributed by atoms with Gasteiger partial charge in [0.25, 0.3) is 0 Å². The van der Waals surface area contributed by atoms with Crippen LogP contribution in [0, 0.1) is 6.92 Å². The molecule has 2 rings (SSSR count). The van der Waals surface area contributed by atoms with E-state index in [0.29, 0.717) is 0 Å². The summed E-state index contributed by atoms with van der Waals surface area (Å²) in [5.41, 5.74) is 2.89. The monoisotopic (exact) mass is 264 g/mol. The van der Waals surface area contributed by atoms with E-state index in [1.165, 1.54) is 6.21 Å². The molecule has 0 saturated heterocycles. The molecule has 0 aliphatic heterocycles. The Morgan fingerprint density at radius 3 is 2.93 bits per heavy atom. The van der Waals surface area contributed by atoms with Crippen LogP contribution in [0.5, 0.6) is 0 Å². The first-order valence-corrected chi connectivity index (χ1v) is 5.23. The van der Waals surface area contributed by atoms with Gasteiger partial charge in [0.2, 0.25) is 0 Å². The molecule has 0 amide bonds. The second kappa shape index (κ2) is 3.98. The molecular weight excluding hydrogens is 256 g/mol.